The van der Waals surface area contributed by atoms with Crippen LogP contribution < -0.4 is 5.32 Å². The molecular weight excluding hydrogens is 238 g/mol. The van der Waals surface area contributed by atoms with Crippen LogP contribution >= 0.6 is 11.6 Å². The minimum absolute atomic E-state index is 0.510. The monoisotopic (exact) mass is 259 g/mol. The number of aromatic nitrogens is 2. The fraction of sp³-hybridized carbons (Fsp3) is 0.833. The summed E-state index contributed by atoms with van der Waals surface area (Å²) >= 11 is 5.60. The summed E-state index contributed by atoms with van der Waals surface area (Å²) in [6.07, 6.45) is 5.58. The van der Waals surface area contributed by atoms with Crippen LogP contribution in [0.3, 0.4) is 0 Å². The Balaban J connectivity index is 2.31. The molecule has 98 valence electrons. The van der Waals surface area contributed by atoms with Crippen molar-refractivity contribution in [2.45, 2.75) is 46.0 Å². The van der Waals surface area contributed by atoms with Gasteiger partial charge in [0.1, 0.15) is 0 Å². The number of alkyl halides is 1. The van der Waals surface area contributed by atoms with Gasteiger partial charge in [0, 0.05) is 18.8 Å². The molecule has 1 heterocycles. The zero-order valence-electron chi connectivity index (χ0n) is 10.7. The van der Waals surface area contributed by atoms with Crippen molar-refractivity contribution in [3.63, 3.8) is 0 Å². The number of rotatable bonds is 9. The minimum Gasteiger partial charge on any atom is -0.408 e. The number of hydrogen-bond acceptors (Lipinski definition) is 4. The fourth-order valence-corrected chi connectivity index (χ4v) is 1.84. The predicted molar refractivity (Wildman–Crippen MR) is 70.5 cm³/mol. The summed E-state index contributed by atoms with van der Waals surface area (Å²) in [4.78, 5) is 0. The van der Waals surface area contributed by atoms with E-state index < -0.39 is 0 Å². The maximum absolute atomic E-state index is 5.60. The first-order valence-electron chi connectivity index (χ1n) is 6.42. The van der Waals surface area contributed by atoms with Gasteiger partial charge in [0.05, 0.1) is 0 Å². The Kier molecular flexibility index (Phi) is 7.01. The second-order valence-corrected chi connectivity index (χ2v) is 4.62. The van der Waals surface area contributed by atoms with E-state index in [1.54, 1.807) is 0 Å². The molecule has 1 rings (SSSR count). The van der Waals surface area contributed by atoms with Crippen molar-refractivity contribution < 1.29 is 4.42 Å². The topological polar surface area (TPSA) is 51.0 Å². The summed E-state index contributed by atoms with van der Waals surface area (Å²) in [6.45, 7) is 5.34. The summed E-state index contributed by atoms with van der Waals surface area (Å²) in [5.74, 6) is 1.79. The lowest BCUT2D eigenvalue weighted by Crippen LogP contribution is -2.13. The smallest absolute Gasteiger partial charge is 0.315 e. The van der Waals surface area contributed by atoms with Crippen molar-refractivity contribution in [3.05, 3.63) is 5.89 Å². The normalized spacial score (nSPS) is 12.6. The van der Waals surface area contributed by atoms with Crippen molar-refractivity contribution in [3.8, 4) is 0 Å². The standard InChI is InChI=1S/C12H22ClN3O/c1-3-5-6-10(4-2)9-14-12-16-15-11(17-12)7-8-13/h10H,3-9H2,1-2H3,(H,14,16). The molecule has 1 atom stereocenters. The number of anilines is 1. The van der Waals surface area contributed by atoms with Crippen LogP contribution in [0, 0.1) is 5.92 Å². The van der Waals surface area contributed by atoms with Crippen molar-refractivity contribution in [2.24, 2.45) is 5.92 Å². The third-order valence-corrected chi connectivity index (χ3v) is 3.05. The van der Waals surface area contributed by atoms with Gasteiger partial charge in [-0.3, -0.25) is 0 Å². The Labute approximate surface area is 108 Å². The Morgan fingerprint density at radius 2 is 2.18 bits per heavy atom. The first-order valence-corrected chi connectivity index (χ1v) is 6.95. The van der Waals surface area contributed by atoms with Gasteiger partial charge in [-0.25, -0.2) is 0 Å². The van der Waals surface area contributed by atoms with Gasteiger partial charge in [-0.05, 0) is 12.3 Å². The highest BCUT2D eigenvalue weighted by molar-refractivity contribution is 6.17. The van der Waals surface area contributed by atoms with E-state index in [-0.39, 0.29) is 0 Å². The van der Waals surface area contributed by atoms with E-state index >= 15 is 0 Å². The molecule has 0 aliphatic rings. The average Bonchev–Trinajstić information content (AvgIpc) is 2.78. The van der Waals surface area contributed by atoms with E-state index in [0.717, 1.165) is 6.54 Å². The molecule has 0 amide bonds. The Hall–Kier alpha value is -0.770. The van der Waals surface area contributed by atoms with Crippen LogP contribution in [0.5, 0.6) is 0 Å². The lowest BCUT2D eigenvalue weighted by atomic mass is 10.00. The summed E-state index contributed by atoms with van der Waals surface area (Å²) < 4.78 is 5.41. The molecule has 0 saturated heterocycles. The first-order chi connectivity index (χ1) is 8.30. The summed E-state index contributed by atoms with van der Waals surface area (Å²) in [6, 6.07) is 0.514. The summed E-state index contributed by atoms with van der Waals surface area (Å²) in [5, 5.41) is 11.0. The first kappa shape index (κ1) is 14.3. The molecule has 1 unspecified atom stereocenters. The Bertz CT molecular complexity index is 304. The van der Waals surface area contributed by atoms with E-state index in [1.165, 1.54) is 25.7 Å². The van der Waals surface area contributed by atoms with Gasteiger partial charge in [0.15, 0.2) is 0 Å². The maximum Gasteiger partial charge on any atom is 0.315 e. The molecule has 0 aliphatic heterocycles. The van der Waals surface area contributed by atoms with E-state index in [1.807, 2.05) is 0 Å². The molecular formula is C12H22ClN3O. The van der Waals surface area contributed by atoms with Crippen LogP contribution in [0.1, 0.15) is 45.4 Å². The molecule has 0 aliphatic carbocycles. The second-order valence-electron chi connectivity index (χ2n) is 4.24. The largest absolute Gasteiger partial charge is 0.408 e. The average molecular weight is 260 g/mol. The van der Waals surface area contributed by atoms with Crippen molar-refractivity contribution in [1.82, 2.24) is 10.2 Å². The maximum atomic E-state index is 5.60. The number of nitrogens with zero attached hydrogens (tertiary/aromatic N) is 2. The van der Waals surface area contributed by atoms with Crippen LogP contribution in [0.4, 0.5) is 6.01 Å². The number of nitrogens with one attached hydrogen (secondary N) is 1. The van der Waals surface area contributed by atoms with Gasteiger partial charge < -0.3 is 9.73 Å². The Morgan fingerprint density at radius 3 is 2.82 bits per heavy atom. The highest BCUT2D eigenvalue weighted by atomic mass is 35.5. The molecule has 0 saturated carbocycles. The number of hydrogen-bond donors (Lipinski definition) is 1. The fourth-order valence-electron chi connectivity index (χ4n) is 1.68. The molecule has 0 aromatic carbocycles. The molecule has 4 nitrogen and oxygen atoms in total. The molecule has 5 heteroatoms. The molecule has 17 heavy (non-hydrogen) atoms. The van der Waals surface area contributed by atoms with Crippen LogP contribution in [-0.4, -0.2) is 22.6 Å². The molecule has 0 radical (unpaired) electrons. The van der Waals surface area contributed by atoms with Gasteiger partial charge >= 0.3 is 6.01 Å². The van der Waals surface area contributed by atoms with E-state index in [2.05, 4.69) is 29.4 Å². The summed E-state index contributed by atoms with van der Waals surface area (Å²) in [7, 11) is 0. The van der Waals surface area contributed by atoms with Crippen molar-refractivity contribution >= 4 is 17.6 Å². The van der Waals surface area contributed by atoms with Crippen LogP contribution in [0.25, 0.3) is 0 Å². The van der Waals surface area contributed by atoms with Crippen LogP contribution in [0.2, 0.25) is 0 Å². The molecule has 1 aromatic heterocycles. The lowest BCUT2D eigenvalue weighted by molar-refractivity contribution is 0.458. The highest BCUT2D eigenvalue weighted by Crippen LogP contribution is 2.14. The number of halogens is 1. The van der Waals surface area contributed by atoms with E-state index in [9.17, 15) is 0 Å². The molecule has 1 N–H and O–H groups in total. The quantitative estimate of drug-likeness (QED) is 0.690. The number of aryl methyl sites for hydroxylation is 1. The van der Waals surface area contributed by atoms with Gasteiger partial charge in [-0.1, -0.05) is 38.2 Å². The van der Waals surface area contributed by atoms with Crippen LogP contribution in [0.15, 0.2) is 4.42 Å². The van der Waals surface area contributed by atoms with Crippen molar-refractivity contribution in [2.75, 3.05) is 17.7 Å². The lowest BCUT2D eigenvalue weighted by Gasteiger charge is -2.13. The van der Waals surface area contributed by atoms with E-state index in [4.69, 9.17) is 16.0 Å². The zero-order chi connectivity index (χ0) is 12.5. The van der Waals surface area contributed by atoms with Gasteiger partial charge in [-0.15, -0.1) is 16.7 Å². The molecule has 0 bridgehead atoms. The third kappa shape index (κ3) is 5.39. The summed E-state index contributed by atoms with van der Waals surface area (Å²) in [5.41, 5.74) is 0. The van der Waals surface area contributed by atoms with Gasteiger partial charge in [-0.2, -0.15) is 0 Å². The molecule has 1 aromatic rings. The number of unbranched alkanes of at least 4 members (excludes halogenated alkanes) is 1. The highest BCUT2D eigenvalue weighted by Gasteiger charge is 2.09. The predicted octanol–water partition coefficient (Wildman–Crippen LogP) is 3.48. The van der Waals surface area contributed by atoms with Gasteiger partial charge in [0.2, 0.25) is 5.89 Å². The van der Waals surface area contributed by atoms with Gasteiger partial charge in [0.25, 0.3) is 0 Å². The molecule has 0 fully saturated rings. The second kappa shape index (κ2) is 8.34. The molecule has 0 spiro atoms. The minimum atomic E-state index is 0.510. The zero-order valence-corrected chi connectivity index (χ0v) is 11.5. The van der Waals surface area contributed by atoms with Crippen molar-refractivity contribution in [1.29, 1.82) is 0 Å². The Morgan fingerprint density at radius 1 is 1.35 bits per heavy atom. The third-order valence-electron chi connectivity index (χ3n) is 2.86. The SMILES string of the molecule is CCCCC(CC)CNc1nnc(CCCl)o1. The van der Waals surface area contributed by atoms with Crippen LogP contribution in [-0.2, 0) is 6.42 Å². The van der Waals surface area contributed by atoms with E-state index in [0.29, 0.717) is 30.1 Å².